The Morgan fingerprint density at radius 2 is 1.62 bits per heavy atom. The molecule has 0 atom stereocenters. The number of amides is 2. The van der Waals surface area contributed by atoms with E-state index in [9.17, 15) is 27.2 Å². The molecule has 1 fully saturated rings. The molecule has 3 aromatic carbocycles. The van der Waals surface area contributed by atoms with Crippen LogP contribution < -0.4 is 10.2 Å². The summed E-state index contributed by atoms with van der Waals surface area (Å²) in [6.45, 7) is 0.351. The predicted molar refractivity (Wildman–Crippen MR) is 145 cm³/mol. The zero-order valence-corrected chi connectivity index (χ0v) is 21.8. The number of nitrogens with zero attached hydrogens (tertiary/aromatic N) is 1. The number of urea groups is 1. The van der Waals surface area contributed by atoms with Gasteiger partial charge in [0.05, 0.1) is 11.3 Å². The van der Waals surface area contributed by atoms with E-state index in [1.54, 1.807) is 0 Å². The van der Waals surface area contributed by atoms with E-state index in [-0.39, 0.29) is 12.3 Å². The second-order valence-corrected chi connectivity index (χ2v) is 10.7. The Hall–Kier alpha value is -3.88. The SMILES string of the molecule is O=C(O)C[C@H]1CC[C@H](c2ccc(-c3ccc4c(c3)CCCN4C(=O)Nc3ccc(F)cc3C(F)(F)F)cc2)CC1. The molecule has 2 N–H and O–H groups in total. The Balaban J connectivity index is 1.29. The molecular weight excluding hydrogens is 524 g/mol. The predicted octanol–water partition coefficient (Wildman–Crippen LogP) is 8.24. The molecule has 1 heterocycles. The number of carbonyl (C=O) groups excluding carboxylic acids is 1. The fourth-order valence-corrected chi connectivity index (χ4v) is 5.92. The van der Waals surface area contributed by atoms with Crippen LogP contribution in [0.5, 0.6) is 0 Å². The molecule has 40 heavy (non-hydrogen) atoms. The molecule has 0 radical (unpaired) electrons. The number of fused-ring (bicyclic) bond motifs is 1. The smallest absolute Gasteiger partial charge is 0.418 e. The maximum Gasteiger partial charge on any atom is 0.418 e. The molecule has 2 amide bonds. The van der Waals surface area contributed by atoms with E-state index in [1.807, 2.05) is 18.2 Å². The monoisotopic (exact) mass is 554 g/mol. The highest BCUT2D eigenvalue weighted by Crippen LogP contribution is 2.39. The van der Waals surface area contributed by atoms with Crippen LogP contribution in [-0.2, 0) is 17.4 Å². The summed E-state index contributed by atoms with van der Waals surface area (Å²) in [4.78, 5) is 25.5. The minimum Gasteiger partial charge on any atom is -0.481 e. The highest BCUT2D eigenvalue weighted by Gasteiger charge is 2.35. The van der Waals surface area contributed by atoms with Crippen molar-refractivity contribution in [3.63, 3.8) is 0 Å². The van der Waals surface area contributed by atoms with E-state index in [2.05, 4.69) is 29.6 Å². The first kappa shape index (κ1) is 27.7. The van der Waals surface area contributed by atoms with Gasteiger partial charge in [-0.3, -0.25) is 9.69 Å². The highest BCUT2D eigenvalue weighted by atomic mass is 19.4. The van der Waals surface area contributed by atoms with Crippen molar-refractivity contribution in [3.8, 4) is 11.1 Å². The van der Waals surface area contributed by atoms with Gasteiger partial charge in [0.1, 0.15) is 5.82 Å². The average Bonchev–Trinajstić information content (AvgIpc) is 2.93. The molecule has 0 bridgehead atoms. The maximum atomic E-state index is 13.5. The molecule has 0 aromatic heterocycles. The summed E-state index contributed by atoms with van der Waals surface area (Å²) in [5.41, 5.74) is 3.10. The normalized spacial score (nSPS) is 19.1. The Labute approximate surface area is 229 Å². The van der Waals surface area contributed by atoms with Gasteiger partial charge in [-0.15, -0.1) is 0 Å². The first-order valence-corrected chi connectivity index (χ1v) is 13.5. The van der Waals surface area contributed by atoms with Gasteiger partial charge in [0.15, 0.2) is 0 Å². The van der Waals surface area contributed by atoms with Crippen LogP contribution in [0.4, 0.5) is 33.7 Å². The van der Waals surface area contributed by atoms with E-state index in [1.165, 1.54) is 10.5 Å². The molecule has 1 saturated carbocycles. The number of hydrogen-bond acceptors (Lipinski definition) is 2. The van der Waals surface area contributed by atoms with Gasteiger partial charge in [0.2, 0.25) is 0 Å². The molecule has 9 heteroatoms. The zero-order chi connectivity index (χ0) is 28.4. The van der Waals surface area contributed by atoms with E-state index in [0.29, 0.717) is 30.6 Å². The van der Waals surface area contributed by atoms with Gasteiger partial charge in [-0.25, -0.2) is 9.18 Å². The number of rotatable bonds is 5. The quantitative estimate of drug-likeness (QED) is 0.312. The largest absolute Gasteiger partial charge is 0.481 e. The Bertz CT molecular complexity index is 1400. The van der Waals surface area contributed by atoms with Crippen molar-refractivity contribution >= 4 is 23.4 Å². The number of benzene rings is 3. The Morgan fingerprint density at radius 1 is 0.925 bits per heavy atom. The molecule has 1 aliphatic heterocycles. The molecule has 2 aliphatic rings. The van der Waals surface area contributed by atoms with Crippen LogP contribution in [-0.4, -0.2) is 23.7 Å². The summed E-state index contributed by atoms with van der Waals surface area (Å²) in [6, 6.07) is 15.6. The van der Waals surface area contributed by atoms with Crippen molar-refractivity contribution in [2.24, 2.45) is 5.92 Å². The fraction of sp³-hybridized carbons (Fsp3) is 0.355. The average molecular weight is 555 g/mol. The van der Waals surface area contributed by atoms with Gasteiger partial charge in [-0.2, -0.15) is 13.2 Å². The summed E-state index contributed by atoms with van der Waals surface area (Å²) in [5.74, 6) is -1.08. The van der Waals surface area contributed by atoms with Crippen LogP contribution in [0.1, 0.15) is 61.1 Å². The zero-order valence-electron chi connectivity index (χ0n) is 21.8. The topological polar surface area (TPSA) is 69.6 Å². The lowest BCUT2D eigenvalue weighted by Gasteiger charge is -2.30. The van der Waals surface area contributed by atoms with E-state index >= 15 is 0 Å². The summed E-state index contributed by atoms with van der Waals surface area (Å²) < 4.78 is 53.7. The van der Waals surface area contributed by atoms with E-state index in [4.69, 9.17) is 5.11 Å². The van der Waals surface area contributed by atoms with Crippen LogP contribution in [0, 0.1) is 11.7 Å². The van der Waals surface area contributed by atoms with Gasteiger partial charge in [-0.1, -0.05) is 30.3 Å². The van der Waals surface area contributed by atoms with Crippen LogP contribution in [0.3, 0.4) is 0 Å². The van der Waals surface area contributed by atoms with Crippen molar-refractivity contribution in [1.82, 2.24) is 0 Å². The minimum absolute atomic E-state index is 0.240. The van der Waals surface area contributed by atoms with Gasteiger partial charge in [-0.05, 0) is 103 Å². The van der Waals surface area contributed by atoms with Crippen molar-refractivity contribution in [2.45, 2.75) is 57.0 Å². The third kappa shape index (κ3) is 6.13. The minimum atomic E-state index is -4.81. The second kappa shape index (κ2) is 11.3. The number of carboxylic acids is 1. The van der Waals surface area contributed by atoms with Crippen molar-refractivity contribution < 1.29 is 32.3 Å². The molecular formula is C31H30F4N2O3. The van der Waals surface area contributed by atoms with Crippen LogP contribution >= 0.6 is 0 Å². The summed E-state index contributed by atoms with van der Waals surface area (Å²) >= 11 is 0. The number of halogens is 4. The Kier molecular flexibility index (Phi) is 7.83. The molecule has 5 rings (SSSR count). The number of anilines is 2. The van der Waals surface area contributed by atoms with Crippen molar-refractivity contribution in [2.75, 3.05) is 16.8 Å². The molecule has 1 aliphatic carbocycles. The summed E-state index contributed by atoms with van der Waals surface area (Å²) in [5, 5.41) is 11.4. The lowest BCUT2D eigenvalue weighted by Crippen LogP contribution is -2.39. The lowest BCUT2D eigenvalue weighted by atomic mass is 9.77. The number of carbonyl (C=O) groups is 2. The number of alkyl halides is 3. The first-order chi connectivity index (χ1) is 19.1. The molecule has 0 spiro atoms. The molecule has 5 nitrogen and oxygen atoms in total. The molecule has 0 saturated heterocycles. The third-order valence-corrected chi connectivity index (χ3v) is 8.00. The van der Waals surface area contributed by atoms with Gasteiger partial charge < -0.3 is 10.4 Å². The molecule has 0 unspecified atom stereocenters. The highest BCUT2D eigenvalue weighted by molar-refractivity contribution is 6.03. The van der Waals surface area contributed by atoms with Crippen molar-refractivity contribution in [3.05, 3.63) is 83.2 Å². The molecule has 210 valence electrons. The molecule has 3 aromatic rings. The first-order valence-electron chi connectivity index (χ1n) is 13.5. The number of aryl methyl sites for hydroxylation is 1. The number of aliphatic carboxylic acids is 1. The van der Waals surface area contributed by atoms with Crippen LogP contribution in [0.2, 0.25) is 0 Å². The third-order valence-electron chi connectivity index (χ3n) is 8.00. The maximum absolute atomic E-state index is 13.5. The summed E-state index contributed by atoms with van der Waals surface area (Å²) in [6.07, 6.45) is 0.627. The summed E-state index contributed by atoms with van der Waals surface area (Å²) in [7, 11) is 0. The Morgan fingerprint density at radius 3 is 2.30 bits per heavy atom. The second-order valence-electron chi connectivity index (χ2n) is 10.7. The van der Waals surface area contributed by atoms with Gasteiger partial charge in [0.25, 0.3) is 0 Å². The van der Waals surface area contributed by atoms with Gasteiger partial charge >= 0.3 is 18.2 Å². The number of carboxylic acid groups (broad SMARTS) is 1. The lowest BCUT2D eigenvalue weighted by molar-refractivity contribution is -0.138. The van der Waals surface area contributed by atoms with Crippen LogP contribution in [0.25, 0.3) is 11.1 Å². The van der Waals surface area contributed by atoms with E-state index < -0.39 is 35.2 Å². The number of nitrogens with one attached hydrogen (secondary N) is 1. The van der Waals surface area contributed by atoms with Gasteiger partial charge in [0, 0.05) is 18.7 Å². The van der Waals surface area contributed by atoms with Crippen molar-refractivity contribution in [1.29, 1.82) is 0 Å². The number of hydrogen-bond donors (Lipinski definition) is 2. The standard InChI is InChI=1S/C31H30F4N2O3/c32-25-12-13-27(26(18-25)31(33,34)35)36-30(40)37-15-1-2-24-17-23(11-14-28(24)37)22-9-7-21(8-10-22)20-5-3-19(4-6-20)16-29(38)39/h7-14,17-20H,1-6,15-16H2,(H,36,40)(H,38,39)/t19-,20-. The van der Waals surface area contributed by atoms with Crippen LogP contribution in [0.15, 0.2) is 60.7 Å². The van der Waals surface area contributed by atoms with E-state index in [0.717, 1.165) is 60.9 Å². The fourth-order valence-electron chi connectivity index (χ4n) is 5.92.